The minimum absolute atomic E-state index is 0.0942. The molecule has 0 rings (SSSR count). The summed E-state index contributed by atoms with van der Waals surface area (Å²) in [5.74, 6) is -0.958. The van der Waals surface area contributed by atoms with Crippen molar-refractivity contribution in [1.29, 1.82) is 0 Å². The third-order valence-corrected chi connectivity index (χ3v) is 1.24. The minimum Gasteiger partial charge on any atom is -0.479 e. The van der Waals surface area contributed by atoms with Crippen molar-refractivity contribution in [2.24, 2.45) is 0 Å². The molecule has 0 saturated carbocycles. The van der Waals surface area contributed by atoms with Gasteiger partial charge in [-0.05, 0) is 6.42 Å². The Kier molecular flexibility index (Phi) is 5.78. The van der Waals surface area contributed by atoms with E-state index >= 15 is 0 Å². The summed E-state index contributed by atoms with van der Waals surface area (Å²) in [5.41, 5.74) is 0. The average molecular weight is 162 g/mol. The zero-order valence-electron chi connectivity index (χ0n) is 6.62. The molecule has 4 heteroatoms. The van der Waals surface area contributed by atoms with E-state index < -0.39 is 12.1 Å². The molecule has 2 N–H and O–H groups in total. The first kappa shape index (κ1) is 10.4. The van der Waals surface area contributed by atoms with Gasteiger partial charge in [0.25, 0.3) is 0 Å². The van der Waals surface area contributed by atoms with E-state index in [1.54, 1.807) is 0 Å². The molecule has 66 valence electrons. The van der Waals surface area contributed by atoms with Crippen molar-refractivity contribution in [1.82, 2.24) is 0 Å². The molecular weight excluding hydrogens is 148 g/mol. The standard InChI is InChI=1S/C7H14O4/c1-2-3-6(7(9)10)11-5-4-8/h6,8H,2-5H2,1H3,(H,9,10). The molecule has 0 aromatic rings. The lowest BCUT2D eigenvalue weighted by molar-refractivity contribution is -0.151. The number of carboxylic acid groups (broad SMARTS) is 1. The number of carbonyl (C=O) groups is 1. The number of ether oxygens (including phenoxy) is 1. The van der Waals surface area contributed by atoms with Crippen molar-refractivity contribution in [3.05, 3.63) is 0 Å². The summed E-state index contributed by atoms with van der Waals surface area (Å²) in [6.07, 6.45) is 0.504. The number of hydrogen-bond donors (Lipinski definition) is 2. The fourth-order valence-electron chi connectivity index (χ4n) is 0.735. The Balaban J connectivity index is 3.60. The molecule has 4 nitrogen and oxygen atoms in total. The molecular formula is C7H14O4. The lowest BCUT2D eigenvalue weighted by atomic mass is 10.2. The van der Waals surface area contributed by atoms with Gasteiger partial charge in [0.1, 0.15) is 0 Å². The van der Waals surface area contributed by atoms with Crippen LogP contribution in [0.3, 0.4) is 0 Å². The lowest BCUT2D eigenvalue weighted by Gasteiger charge is -2.10. The molecule has 0 aliphatic carbocycles. The highest BCUT2D eigenvalue weighted by Crippen LogP contribution is 2.01. The number of carboxylic acids is 1. The van der Waals surface area contributed by atoms with Crippen LogP contribution in [0.2, 0.25) is 0 Å². The van der Waals surface area contributed by atoms with Gasteiger partial charge in [0.2, 0.25) is 0 Å². The number of aliphatic carboxylic acids is 1. The van der Waals surface area contributed by atoms with Crippen LogP contribution in [-0.2, 0) is 9.53 Å². The van der Waals surface area contributed by atoms with Gasteiger partial charge in [0.05, 0.1) is 13.2 Å². The molecule has 0 saturated heterocycles. The van der Waals surface area contributed by atoms with E-state index in [9.17, 15) is 4.79 Å². The van der Waals surface area contributed by atoms with Gasteiger partial charge in [0, 0.05) is 0 Å². The summed E-state index contributed by atoms with van der Waals surface area (Å²) in [7, 11) is 0. The average Bonchev–Trinajstić information content (AvgIpc) is 1.97. The van der Waals surface area contributed by atoms with Crippen molar-refractivity contribution < 1.29 is 19.7 Å². The lowest BCUT2D eigenvalue weighted by Crippen LogP contribution is -2.24. The van der Waals surface area contributed by atoms with Gasteiger partial charge in [-0.3, -0.25) is 0 Å². The summed E-state index contributed by atoms with van der Waals surface area (Å²) >= 11 is 0. The molecule has 0 bridgehead atoms. The smallest absolute Gasteiger partial charge is 0.332 e. The molecule has 1 unspecified atom stereocenters. The number of hydrogen-bond acceptors (Lipinski definition) is 3. The topological polar surface area (TPSA) is 66.8 Å². The minimum atomic E-state index is -0.958. The maximum absolute atomic E-state index is 10.4. The second-order valence-corrected chi connectivity index (χ2v) is 2.21. The highest BCUT2D eigenvalue weighted by atomic mass is 16.5. The van der Waals surface area contributed by atoms with Crippen LogP contribution in [0, 0.1) is 0 Å². The van der Waals surface area contributed by atoms with Gasteiger partial charge >= 0.3 is 5.97 Å². The predicted octanol–water partition coefficient (Wildman–Crippen LogP) is 0.249. The quantitative estimate of drug-likeness (QED) is 0.587. The van der Waals surface area contributed by atoms with Crippen LogP contribution in [0.5, 0.6) is 0 Å². The highest BCUT2D eigenvalue weighted by Gasteiger charge is 2.15. The van der Waals surface area contributed by atoms with E-state index in [4.69, 9.17) is 14.9 Å². The molecule has 0 aromatic heterocycles. The number of aliphatic hydroxyl groups excluding tert-OH is 1. The Hall–Kier alpha value is -0.610. The van der Waals surface area contributed by atoms with Gasteiger partial charge in [-0.1, -0.05) is 13.3 Å². The second kappa shape index (κ2) is 6.12. The monoisotopic (exact) mass is 162 g/mol. The predicted molar refractivity (Wildman–Crippen MR) is 39.4 cm³/mol. The molecule has 11 heavy (non-hydrogen) atoms. The summed E-state index contributed by atoms with van der Waals surface area (Å²) in [6, 6.07) is 0. The van der Waals surface area contributed by atoms with E-state index in [1.807, 2.05) is 6.92 Å². The van der Waals surface area contributed by atoms with Gasteiger partial charge in [-0.2, -0.15) is 0 Å². The molecule has 0 fully saturated rings. The SMILES string of the molecule is CCCC(OCCO)C(=O)O. The van der Waals surface area contributed by atoms with E-state index in [0.717, 1.165) is 6.42 Å². The Morgan fingerprint density at radius 3 is 2.64 bits per heavy atom. The molecule has 0 heterocycles. The van der Waals surface area contributed by atoms with Crippen LogP contribution in [0.25, 0.3) is 0 Å². The Labute approximate surface area is 65.8 Å². The summed E-state index contributed by atoms with van der Waals surface area (Å²) in [6.45, 7) is 1.85. The third-order valence-electron chi connectivity index (χ3n) is 1.24. The largest absolute Gasteiger partial charge is 0.479 e. The summed E-state index contributed by atoms with van der Waals surface area (Å²) in [4.78, 5) is 10.4. The third kappa shape index (κ3) is 4.75. The van der Waals surface area contributed by atoms with Crippen LogP contribution in [0.15, 0.2) is 0 Å². The Bertz CT molecular complexity index is 113. The van der Waals surface area contributed by atoms with Crippen LogP contribution in [0.1, 0.15) is 19.8 Å². The molecule has 0 aliphatic heterocycles. The normalized spacial score (nSPS) is 12.9. The molecule has 1 atom stereocenters. The van der Waals surface area contributed by atoms with Gasteiger partial charge < -0.3 is 14.9 Å². The highest BCUT2D eigenvalue weighted by molar-refractivity contribution is 5.72. The van der Waals surface area contributed by atoms with E-state index in [-0.39, 0.29) is 13.2 Å². The van der Waals surface area contributed by atoms with E-state index in [1.165, 1.54) is 0 Å². The Morgan fingerprint density at radius 1 is 1.64 bits per heavy atom. The van der Waals surface area contributed by atoms with Crippen molar-refractivity contribution in [3.63, 3.8) is 0 Å². The fourth-order valence-corrected chi connectivity index (χ4v) is 0.735. The fraction of sp³-hybridized carbons (Fsp3) is 0.857. The van der Waals surface area contributed by atoms with Crippen LogP contribution in [-0.4, -0.2) is 35.5 Å². The van der Waals surface area contributed by atoms with E-state index in [0.29, 0.717) is 6.42 Å². The zero-order valence-corrected chi connectivity index (χ0v) is 6.62. The van der Waals surface area contributed by atoms with Gasteiger partial charge in [0.15, 0.2) is 6.10 Å². The number of rotatable bonds is 6. The summed E-state index contributed by atoms with van der Waals surface area (Å²) in [5, 5.41) is 16.9. The summed E-state index contributed by atoms with van der Waals surface area (Å²) < 4.78 is 4.84. The first-order valence-corrected chi connectivity index (χ1v) is 3.67. The maximum Gasteiger partial charge on any atom is 0.332 e. The van der Waals surface area contributed by atoms with Crippen LogP contribution in [0.4, 0.5) is 0 Å². The van der Waals surface area contributed by atoms with Crippen molar-refractivity contribution in [2.75, 3.05) is 13.2 Å². The molecule has 0 radical (unpaired) electrons. The van der Waals surface area contributed by atoms with Crippen LogP contribution < -0.4 is 0 Å². The number of aliphatic hydroxyl groups is 1. The van der Waals surface area contributed by atoms with E-state index in [2.05, 4.69) is 0 Å². The van der Waals surface area contributed by atoms with Crippen molar-refractivity contribution in [3.8, 4) is 0 Å². The van der Waals surface area contributed by atoms with Crippen molar-refractivity contribution >= 4 is 5.97 Å². The van der Waals surface area contributed by atoms with Crippen LogP contribution >= 0.6 is 0 Å². The zero-order chi connectivity index (χ0) is 8.69. The van der Waals surface area contributed by atoms with Crippen molar-refractivity contribution in [2.45, 2.75) is 25.9 Å². The second-order valence-electron chi connectivity index (χ2n) is 2.21. The molecule has 0 spiro atoms. The first-order valence-electron chi connectivity index (χ1n) is 3.67. The Morgan fingerprint density at radius 2 is 2.27 bits per heavy atom. The molecule has 0 aliphatic rings. The molecule has 0 aromatic carbocycles. The maximum atomic E-state index is 10.4. The molecule has 0 amide bonds. The van der Waals surface area contributed by atoms with Gasteiger partial charge in [-0.15, -0.1) is 0 Å². The van der Waals surface area contributed by atoms with Gasteiger partial charge in [-0.25, -0.2) is 4.79 Å². The first-order chi connectivity index (χ1) is 5.22.